The summed E-state index contributed by atoms with van der Waals surface area (Å²) in [6.45, 7) is 0. The van der Waals surface area contributed by atoms with E-state index in [1.165, 1.54) is 6.26 Å². The van der Waals surface area contributed by atoms with Crippen molar-refractivity contribution in [1.29, 1.82) is 0 Å². The summed E-state index contributed by atoms with van der Waals surface area (Å²) < 4.78 is 5.66. The molecule has 0 unspecified atom stereocenters. The van der Waals surface area contributed by atoms with Crippen LogP contribution < -0.4 is 5.43 Å². The fourth-order valence-electron chi connectivity index (χ4n) is 2.97. The van der Waals surface area contributed by atoms with Crippen molar-refractivity contribution in [1.82, 2.24) is 0 Å². The summed E-state index contributed by atoms with van der Waals surface area (Å²) in [5, 5.41) is 0.407. The van der Waals surface area contributed by atoms with Gasteiger partial charge in [-0.25, -0.2) is 0 Å². The maximum absolute atomic E-state index is 12.6. The second-order valence-corrected chi connectivity index (χ2v) is 5.77. The average molecular weight is 326 g/mol. The molecule has 0 aliphatic carbocycles. The highest BCUT2D eigenvalue weighted by Crippen LogP contribution is 2.33. The number of hydrogen-bond donors (Lipinski definition) is 0. The molecular weight excluding hydrogens is 312 g/mol. The van der Waals surface area contributed by atoms with E-state index in [9.17, 15) is 9.59 Å². The van der Waals surface area contributed by atoms with E-state index < -0.39 is 0 Å². The maximum Gasteiger partial charge on any atom is 0.203 e. The van der Waals surface area contributed by atoms with Crippen LogP contribution in [0.3, 0.4) is 0 Å². The third-order valence-electron chi connectivity index (χ3n) is 4.22. The predicted molar refractivity (Wildman–Crippen MR) is 98.7 cm³/mol. The van der Waals surface area contributed by atoms with Crippen molar-refractivity contribution in [2.45, 2.75) is 0 Å². The van der Waals surface area contributed by atoms with Crippen LogP contribution in [0.1, 0.15) is 10.4 Å². The zero-order valence-electron chi connectivity index (χ0n) is 13.3. The van der Waals surface area contributed by atoms with Gasteiger partial charge in [-0.3, -0.25) is 9.59 Å². The van der Waals surface area contributed by atoms with Gasteiger partial charge in [0.05, 0.1) is 10.9 Å². The molecule has 3 heteroatoms. The zero-order valence-corrected chi connectivity index (χ0v) is 13.3. The van der Waals surface area contributed by atoms with Crippen LogP contribution in [0.15, 0.2) is 88.3 Å². The Bertz CT molecular complexity index is 1110. The molecule has 0 aliphatic heterocycles. The van der Waals surface area contributed by atoms with Crippen LogP contribution >= 0.6 is 0 Å². The van der Waals surface area contributed by atoms with Gasteiger partial charge < -0.3 is 4.42 Å². The number of fused-ring (bicyclic) bond motifs is 1. The molecular formula is C22H14O3. The molecule has 0 fully saturated rings. The van der Waals surface area contributed by atoms with E-state index in [0.29, 0.717) is 17.3 Å². The van der Waals surface area contributed by atoms with Crippen molar-refractivity contribution < 1.29 is 9.21 Å². The molecule has 0 radical (unpaired) electrons. The largest absolute Gasteiger partial charge is 0.463 e. The average Bonchev–Trinajstić information content (AvgIpc) is 2.69. The predicted octanol–water partition coefficient (Wildman–Crippen LogP) is 4.94. The summed E-state index contributed by atoms with van der Waals surface area (Å²) in [7, 11) is 0. The molecule has 1 aromatic heterocycles. The second kappa shape index (κ2) is 6.21. The van der Waals surface area contributed by atoms with Crippen LogP contribution in [0.25, 0.3) is 33.2 Å². The number of aldehydes is 1. The van der Waals surface area contributed by atoms with Gasteiger partial charge >= 0.3 is 0 Å². The van der Waals surface area contributed by atoms with E-state index >= 15 is 0 Å². The van der Waals surface area contributed by atoms with Gasteiger partial charge in [0, 0.05) is 5.56 Å². The molecule has 4 rings (SSSR count). The van der Waals surface area contributed by atoms with Crippen molar-refractivity contribution >= 4 is 17.3 Å². The SMILES string of the molecule is O=Cc1coc2c(-c3ccccc3)cc(-c3ccccc3)cc2c1=O. The molecule has 0 atom stereocenters. The molecule has 0 N–H and O–H groups in total. The Morgan fingerprint density at radius 2 is 1.40 bits per heavy atom. The molecule has 0 saturated carbocycles. The fourth-order valence-corrected chi connectivity index (χ4v) is 2.97. The number of carbonyl (C=O) groups is 1. The van der Waals surface area contributed by atoms with Crippen LogP contribution in [0.5, 0.6) is 0 Å². The molecule has 1 heterocycles. The van der Waals surface area contributed by atoms with Crippen LogP contribution in [0.4, 0.5) is 0 Å². The summed E-state index contributed by atoms with van der Waals surface area (Å²) in [5.74, 6) is 0. The van der Waals surface area contributed by atoms with Crippen molar-refractivity contribution in [3.05, 3.63) is 94.8 Å². The first-order chi connectivity index (χ1) is 12.3. The molecule has 0 aliphatic rings. The lowest BCUT2D eigenvalue weighted by Crippen LogP contribution is -2.08. The van der Waals surface area contributed by atoms with Crippen LogP contribution in [-0.4, -0.2) is 6.29 Å². The summed E-state index contributed by atoms with van der Waals surface area (Å²) in [6.07, 6.45) is 1.76. The molecule has 0 spiro atoms. The minimum Gasteiger partial charge on any atom is -0.463 e. The highest BCUT2D eigenvalue weighted by atomic mass is 16.3. The fraction of sp³-hybridized carbons (Fsp3) is 0. The minimum atomic E-state index is -0.314. The Morgan fingerprint density at radius 3 is 2.04 bits per heavy atom. The van der Waals surface area contributed by atoms with E-state index in [1.807, 2.05) is 66.7 Å². The summed E-state index contributed by atoms with van der Waals surface area (Å²) >= 11 is 0. The minimum absolute atomic E-state index is 0.0247. The van der Waals surface area contributed by atoms with Crippen LogP contribution in [0.2, 0.25) is 0 Å². The van der Waals surface area contributed by atoms with Crippen molar-refractivity contribution in [2.75, 3.05) is 0 Å². The van der Waals surface area contributed by atoms with Crippen LogP contribution in [-0.2, 0) is 0 Å². The third kappa shape index (κ3) is 2.66. The Balaban J connectivity index is 2.11. The Hall–Kier alpha value is -3.46. The number of carbonyl (C=O) groups excluding carboxylic acids is 1. The smallest absolute Gasteiger partial charge is 0.203 e. The van der Waals surface area contributed by atoms with Gasteiger partial charge in [-0.2, -0.15) is 0 Å². The highest BCUT2D eigenvalue weighted by molar-refractivity contribution is 5.97. The Kier molecular flexibility index (Phi) is 3.75. The summed E-state index contributed by atoms with van der Waals surface area (Å²) in [5.41, 5.74) is 3.88. The standard InChI is InChI=1S/C22H14O3/c23-13-18-14-25-22-19(16-9-5-2-6-10-16)11-17(12-20(22)21(18)24)15-7-3-1-4-8-15/h1-14H. The molecule has 0 bridgehead atoms. The summed E-state index contributed by atoms with van der Waals surface area (Å²) in [4.78, 5) is 23.8. The van der Waals surface area contributed by atoms with Gasteiger partial charge in [0.15, 0.2) is 6.29 Å². The van der Waals surface area contributed by atoms with E-state index in [0.717, 1.165) is 22.3 Å². The van der Waals surface area contributed by atoms with Gasteiger partial charge in [0.2, 0.25) is 5.43 Å². The van der Waals surface area contributed by atoms with Gasteiger partial charge in [-0.1, -0.05) is 60.7 Å². The van der Waals surface area contributed by atoms with Crippen molar-refractivity contribution in [3.63, 3.8) is 0 Å². The van der Waals surface area contributed by atoms with E-state index in [4.69, 9.17) is 4.42 Å². The van der Waals surface area contributed by atoms with Gasteiger partial charge in [-0.05, 0) is 28.8 Å². The Labute approximate surface area is 144 Å². The number of benzene rings is 3. The van der Waals surface area contributed by atoms with Crippen molar-refractivity contribution in [2.24, 2.45) is 0 Å². The molecule has 0 saturated heterocycles. The molecule has 4 aromatic rings. The van der Waals surface area contributed by atoms with E-state index in [2.05, 4.69) is 0 Å². The molecule has 120 valence electrons. The second-order valence-electron chi connectivity index (χ2n) is 5.77. The highest BCUT2D eigenvalue weighted by Gasteiger charge is 2.14. The van der Waals surface area contributed by atoms with Crippen LogP contribution in [0, 0.1) is 0 Å². The lowest BCUT2D eigenvalue weighted by atomic mass is 9.96. The Morgan fingerprint density at radius 1 is 0.760 bits per heavy atom. The molecule has 3 aromatic carbocycles. The molecule has 0 amide bonds. The topological polar surface area (TPSA) is 47.3 Å². The van der Waals surface area contributed by atoms with E-state index in [1.54, 1.807) is 6.07 Å². The van der Waals surface area contributed by atoms with Crippen molar-refractivity contribution in [3.8, 4) is 22.3 Å². The van der Waals surface area contributed by atoms with Gasteiger partial charge in [0.1, 0.15) is 11.8 Å². The first-order valence-electron chi connectivity index (χ1n) is 7.93. The number of hydrogen-bond acceptors (Lipinski definition) is 3. The normalized spacial score (nSPS) is 10.7. The van der Waals surface area contributed by atoms with E-state index in [-0.39, 0.29) is 11.0 Å². The lowest BCUT2D eigenvalue weighted by molar-refractivity contribution is 0.112. The lowest BCUT2D eigenvalue weighted by Gasteiger charge is -2.10. The van der Waals surface area contributed by atoms with Gasteiger partial charge in [0.25, 0.3) is 0 Å². The molecule has 25 heavy (non-hydrogen) atoms. The monoisotopic (exact) mass is 326 g/mol. The summed E-state index contributed by atoms with van der Waals surface area (Å²) in [6, 6.07) is 23.4. The third-order valence-corrected chi connectivity index (χ3v) is 4.22. The zero-order chi connectivity index (χ0) is 17.2. The van der Waals surface area contributed by atoms with Gasteiger partial charge in [-0.15, -0.1) is 0 Å². The number of rotatable bonds is 3. The first-order valence-corrected chi connectivity index (χ1v) is 7.93. The molecule has 3 nitrogen and oxygen atoms in total. The maximum atomic E-state index is 12.6. The quantitative estimate of drug-likeness (QED) is 0.501. The first kappa shape index (κ1) is 15.1.